The van der Waals surface area contributed by atoms with E-state index in [1.54, 1.807) is 29.5 Å². The molecule has 2 heterocycles. The van der Waals surface area contributed by atoms with Gasteiger partial charge in [0, 0.05) is 24.7 Å². The maximum absolute atomic E-state index is 12.5. The number of amides is 2. The quantitative estimate of drug-likeness (QED) is 0.853. The Kier molecular flexibility index (Phi) is 6.36. The Balaban J connectivity index is 1.98. The van der Waals surface area contributed by atoms with Crippen molar-refractivity contribution < 1.29 is 9.53 Å². The van der Waals surface area contributed by atoms with Crippen LogP contribution in [0.5, 0.6) is 0 Å². The Morgan fingerprint density at radius 1 is 1.41 bits per heavy atom. The molecule has 22 heavy (non-hydrogen) atoms. The summed E-state index contributed by atoms with van der Waals surface area (Å²) in [7, 11) is 1.64. The molecule has 0 aliphatic carbocycles. The zero-order valence-electron chi connectivity index (χ0n) is 12.9. The molecule has 0 spiro atoms. The minimum Gasteiger partial charge on any atom is -0.383 e. The maximum atomic E-state index is 12.5. The van der Waals surface area contributed by atoms with E-state index in [2.05, 4.69) is 10.3 Å². The lowest BCUT2D eigenvalue weighted by atomic mass is 10.2. The third-order valence-corrected chi connectivity index (χ3v) is 4.11. The topological polar surface area (TPSA) is 54.5 Å². The van der Waals surface area contributed by atoms with Crippen molar-refractivity contribution in [1.82, 2.24) is 15.2 Å². The van der Waals surface area contributed by atoms with Crippen molar-refractivity contribution in [1.29, 1.82) is 0 Å². The molecule has 0 bridgehead atoms. The van der Waals surface area contributed by atoms with Crippen LogP contribution in [0.3, 0.4) is 0 Å². The van der Waals surface area contributed by atoms with Crippen molar-refractivity contribution in [3.05, 3.63) is 52.5 Å². The average Bonchev–Trinajstić information content (AvgIpc) is 3.05. The SMILES string of the molecule is COCCN(Cc1cccs1)C(=O)N[C@@H](C)c1ccccn1. The number of methoxy groups -OCH3 is 1. The van der Waals surface area contributed by atoms with E-state index in [-0.39, 0.29) is 12.1 Å². The van der Waals surface area contributed by atoms with E-state index in [0.29, 0.717) is 19.7 Å². The number of ether oxygens (including phenoxy) is 1. The van der Waals surface area contributed by atoms with Gasteiger partial charge in [-0.15, -0.1) is 11.3 Å². The van der Waals surface area contributed by atoms with Gasteiger partial charge in [-0.3, -0.25) is 4.98 Å². The van der Waals surface area contributed by atoms with Crippen LogP contribution in [-0.2, 0) is 11.3 Å². The first kappa shape index (κ1) is 16.5. The lowest BCUT2D eigenvalue weighted by molar-refractivity contribution is 0.145. The Hall–Kier alpha value is -1.92. The summed E-state index contributed by atoms with van der Waals surface area (Å²) in [6.45, 7) is 3.58. The normalized spacial score (nSPS) is 11.9. The Labute approximate surface area is 134 Å². The molecule has 2 rings (SSSR count). The number of nitrogens with one attached hydrogen (secondary N) is 1. The summed E-state index contributed by atoms with van der Waals surface area (Å²) in [5.41, 5.74) is 0.846. The zero-order valence-corrected chi connectivity index (χ0v) is 13.7. The molecule has 0 saturated heterocycles. The number of thiophene rings is 1. The fourth-order valence-electron chi connectivity index (χ4n) is 2.03. The van der Waals surface area contributed by atoms with Crippen molar-refractivity contribution in [3.8, 4) is 0 Å². The first-order chi connectivity index (χ1) is 10.7. The molecule has 2 aromatic rings. The highest BCUT2D eigenvalue weighted by atomic mass is 32.1. The third-order valence-electron chi connectivity index (χ3n) is 3.25. The first-order valence-electron chi connectivity index (χ1n) is 7.18. The predicted octanol–water partition coefficient (Wildman–Crippen LogP) is 3.06. The number of hydrogen-bond acceptors (Lipinski definition) is 4. The summed E-state index contributed by atoms with van der Waals surface area (Å²) in [4.78, 5) is 19.7. The van der Waals surface area contributed by atoms with Crippen LogP contribution in [-0.4, -0.2) is 36.2 Å². The summed E-state index contributed by atoms with van der Waals surface area (Å²) in [6, 6.07) is 9.46. The van der Waals surface area contributed by atoms with Crippen LogP contribution in [0.4, 0.5) is 4.79 Å². The number of aromatic nitrogens is 1. The van der Waals surface area contributed by atoms with Crippen LogP contribution < -0.4 is 5.32 Å². The zero-order chi connectivity index (χ0) is 15.8. The molecular formula is C16H21N3O2S. The van der Waals surface area contributed by atoms with Gasteiger partial charge in [0.25, 0.3) is 0 Å². The Morgan fingerprint density at radius 3 is 2.91 bits per heavy atom. The molecule has 0 unspecified atom stereocenters. The van der Waals surface area contributed by atoms with E-state index in [0.717, 1.165) is 10.6 Å². The third kappa shape index (κ3) is 4.82. The highest BCUT2D eigenvalue weighted by Gasteiger charge is 2.17. The molecule has 0 aromatic carbocycles. The number of nitrogens with zero attached hydrogens (tertiary/aromatic N) is 2. The highest BCUT2D eigenvalue weighted by Crippen LogP contribution is 2.13. The van der Waals surface area contributed by atoms with Crippen molar-refractivity contribution in [2.24, 2.45) is 0 Å². The standard InChI is InChI=1S/C16H21N3O2S/c1-13(15-7-3-4-8-17-15)18-16(20)19(9-10-21-2)12-14-6-5-11-22-14/h3-8,11,13H,9-10,12H2,1-2H3,(H,18,20)/t13-/m0/s1. The van der Waals surface area contributed by atoms with Gasteiger partial charge in [0.15, 0.2) is 0 Å². The van der Waals surface area contributed by atoms with Crippen LogP contribution >= 0.6 is 11.3 Å². The summed E-state index contributed by atoms with van der Waals surface area (Å²) in [5, 5.41) is 5.00. The van der Waals surface area contributed by atoms with Crippen LogP contribution in [0, 0.1) is 0 Å². The predicted molar refractivity (Wildman–Crippen MR) is 87.8 cm³/mol. The van der Waals surface area contributed by atoms with Gasteiger partial charge in [-0.25, -0.2) is 4.79 Å². The molecule has 2 amide bonds. The largest absolute Gasteiger partial charge is 0.383 e. The van der Waals surface area contributed by atoms with Gasteiger partial charge in [-0.2, -0.15) is 0 Å². The van der Waals surface area contributed by atoms with Gasteiger partial charge in [-0.1, -0.05) is 12.1 Å². The van der Waals surface area contributed by atoms with Crippen LogP contribution in [0.2, 0.25) is 0 Å². The molecule has 5 nitrogen and oxygen atoms in total. The minimum atomic E-state index is -0.137. The van der Waals surface area contributed by atoms with Gasteiger partial charge in [-0.05, 0) is 30.5 Å². The molecule has 0 fully saturated rings. The number of pyridine rings is 1. The van der Waals surface area contributed by atoms with E-state index in [1.807, 2.05) is 42.6 Å². The Bertz CT molecular complexity index is 560. The smallest absolute Gasteiger partial charge is 0.318 e. The number of hydrogen-bond donors (Lipinski definition) is 1. The van der Waals surface area contributed by atoms with Crippen molar-refractivity contribution in [2.45, 2.75) is 19.5 Å². The number of urea groups is 1. The second-order valence-corrected chi connectivity index (χ2v) is 5.95. The fourth-order valence-corrected chi connectivity index (χ4v) is 2.75. The lowest BCUT2D eigenvalue weighted by Gasteiger charge is -2.24. The van der Waals surface area contributed by atoms with Crippen molar-refractivity contribution >= 4 is 17.4 Å². The molecule has 6 heteroatoms. The molecule has 0 radical (unpaired) electrons. The minimum absolute atomic E-state index is 0.108. The van der Waals surface area contributed by atoms with E-state index in [9.17, 15) is 4.79 Å². The van der Waals surface area contributed by atoms with Crippen molar-refractivity contribution in [2.75, 3.05) is 20.3 Å². The number of rotatable bonds is 7. The second kappa shape index (κ2) is 8.51. The van der Waals surface area contributed by atoms with Gasteiger partial charge >= 0.3 is 6.03 Å². The van der Waals surface area contributed by atoms with E-state index in [1.165, 1.54) is 0 Å². The first-order valence-corrected chi connectivity index (χ1v) is 8.06. The average molecular weight is 319 g/mol. The van der Waals surface area contributed by atoms with E-state index in [4.69, 9.17) is 4.74 Å². The van der Waals surface area contributed by atoms with Crippen LogP contribution in [0.15, 0.2) is 41.9 Å². The molecule has 2 aromatic heterocycles. The highest BCUT2D eigenvalue weighted by molar-refractivity contribution is 7.09. The van der Waals surface area contributed by atoms with E-state index >= 15 is 0 Å². The van der Waals surface area contributed by atoms with Gasteiger partial charge in [0.1, 0.15) is 0 Å². The summed E-state index contributed by atoms with van der Waals surface area (Å²) >= 11 is 1.64. The molecule has 118 valence electrons. The number of carbonyl (C=O) groups is 1. The Morgan fingerprint density at radius 2 is 2.27 bits per heavy atom. The molecule has 0 saturated carbocycles. The van der Waals surface area contributed by atoms with Crippen molar-refractivity contribution in [3.63, 3.8) is 0 Å². The molecule has 1 N–H and O–H groups in total. The molecule has 1 atom stereocenters. The number of carbonyl (C=O) groups excluding carboxylic acids is 1. The maximum Gasteiger partial charge on any atom is 0.318 e. The van der Waals surface area contributed by atoms with Gasteiger partial charge in [0.2, 0.25) is 0 Å². The molecule has 0 aliphatic heterocycles. The van der Waals surface area contributed by atoms with Gasteiger partial charge < -0.3 is 15.0 Å². The van der Waals surface area contributed by atoms with Gasteiger partial charge in [0.05, 0.1) is 24.9 Å². The summed E-state index contributed by atoms with van der Waals surface area (Å²) < 4.78 is 5.10. The monoisotopic (exact) mass is 319 g/mol. The fraction of sp³-hybridized carbons (Fsp3) is 0.375. The molecule has 0 aliphatic rings. The van der Waals surface area contributed by atoms with Crippen LogP contribution in [0.1, 0.15) is 23.5 Å². The lowest BCUT2D eigenvalue weighted by Crippen LogP contribution is -2.42. The summed E-state index contributed by atoms with van der Waals surface area (Å²) in [6.07, 6.45) is 1.73. The summed E-state index contributed by atoms with van der Waals surface area (Å²) in [5.74, 6) is 0. The van der Waals surface area contributed by atoms with E-state index < -0.39 is 0 Å². The molecular weight excluding hydrogens is 298 g/mol. The van der Waals surface area contributed by atoms with Crippen LogP contribution in [0.25, 0.3) is 0 Å². The second-order valence-electron chi connectivity index (χ2n) is 4.92.